The summed E-state index contributed by atoms with van der Waals surface area (Å²) in [6, 6.07) is 0. The van der Waals surface area contributed by atoms with Crippen LogP contribution in [-0.4, -0.2) is 17.9 Å². The highest BCUT2D eigenvalue weighted by Crippen LogP contribution is 2.33. The lowest BCUT2D eigenvalue weighted by molar-refractivity contribution is 0.491. The van der Waals surface area contributed by atoms with Gasteiger partial charge in [-0.2, -0.15) is 0 Å². The highest BCUT2D eigenvalue weighted by molar-refractivity contribution is 7.94. The van der Waals surface area contributed by atoms with Crippen molar-refractivity contribution in [2.24, 2.45) is 0 Å². The number of hydrogen-bond acceptors (Lipinski definition) is 2. The van der Waals surface area contributed by atoms with Gasteiger partial charge in [0.15, 0.2) is 9.84 Å². The first-order valence-electron chi connectivity index (χ1n) is 4.86. The average Bonchev–Trinajstić information content (AvgIpc) is 2.03. The van der Waals surface area contributed by atoms with Gasteiger partial charge in [-0.25, -0.2) is 8.42 Å². The zero-order valence-electron chi connectivity index (χ0n) is 9.64. The number of rotatable bonds is 4. The molecule has 0 aromatic carbocycles. The molecule has 0 spiro atoms. The summed E-state index contributed by atoms with van der Waals surface area (Å²) < 4.78 is 23.1. The maximum absolute atomic E-state index is 12.1. The Morgan fingerprint density at radius 2 is 1.08 bits per heavy atom. The topological polar surface area (TPSA) is 34.1 Å². The van der Waals surface area contributed by atoms with Crippen LogP contribution in [0, 0.1) is 0 Å². The maximum atomic E-state index is 12.1. The van der Waals surface area contributed by atoms with Crippen molar-refractivity contribution in [3.8, 4) is 0 Å². The maximum Gasteiger partial charge on any atom is 0.160 e. The summed E-state index contributed by atoms with van der Waals surface area (Å²) in [6.45, 7) is 11.1. The Labute approximate surface area is 82.6 Å². The Morgan fingerprint density at radius 3 is 1.23 bits per heavy atom. The molecular formula is C10H22O2S. The average molecular weight is 206 g/mol. The molecule has 13 heavy (non-hydrogen) atoms. The fourth-order valence-electron chi connectivity index (χ4n) is 1.13. The molecular weight excluding hydrogens is 184 g/mol. The molecule has 0 aromatic heterocycles. The predicted molar refractivity (Wildman–Crippen MR) is 57.7 cm³/mol. The second-order valence-electron chi connectivity index (χ2n) is 4.73. The van der Waals surface area contributed by atoms with E-state index in [0.717, 1.165) is 0 Å². The van der Waals surface area contributed by atoms with Crippen LogP contribution >= 0.6 is 0 Å². The van der Waals surface area contributed by atoms with Crippen LogP contribution in [0.4, 0.5) is 0 Å². The molecule has 0 N–H and O–H groups in total. The van der Waals surface area contributed by atoms with E-state index in [0.29, 0.717) is 12.8 Å². The minimum absolute atomic E-state index is 0.605. The van der Waals surface area contributed by atoms with Crippen LogP contribution in [0.2, 0.25) is 0 Å². The zero-order chi connectivity index (χ0) is 10.9. The van der Waals surface area contributed by atoms with Crippen molar-refractivity contribution in [3.63, 3.8) is 0 Å². The van der Waals surface area contributed by atoms with Gasteiger partial charge in [0.05, 0.1) is 9.49 Å². The lowest BCUT2D eigenvalue weighted by Crippen LogP contribution is -2.44. The van der Waals surface area contributed by atoms with Gasteiger partial charge in [0.2, 0.25) is 0 Å². The first-order chi connectivity index (χ1) is 5.62. The molecule has 0 radical (unpaired) electrons. The van der Waals surface area contributed by atoms with Gasteiger partial charge in [0.1, 0.15) is 0 Å². The molecule has 0 unspecified atom stereocenters. The Balaban J connectivity index is 5.23. The third-order valence-corrected chi connectivity index (χ3v) is 6.65. The summed E-state index contributed by atoms with van der Waals surface area (Å²) in [7, 11) is -3.04. The van der Waals surface area contributed by atoms with Crippen molar-refractivity contribution in [3.05, 3.63) is 0 Å². The lowest BCUT2D eigenvalue weighted by atomic mass is 10.1. The summed E-state index contributed by atoms with van der Waals surface area (Å²) in [5, 5.41) is 0. The van der Waals surface area contributed by atoms with Gasteiger partial charge in [-0.15, -0.1) is 0 Å². The molecule has 3 heteroatoms. The van der Waals surface area contributed by atoms with E-state index in [9.17, 15) is 8.42 Å². The molecule has 0 heterocycles. The van der Waals surface area contributed by atoms with Crippen LogP contribution in [0.15, 0.2) is 0 Å². The van der Waals surface area contributed by atoms with Crippen LogP contribution in [0.25, 0.3) is 0 Å². The fourth-order valence-corrected chi connectivity index (χ4v) is 3.38. The van der Waals surface area contributed by atoms with E-state index in [1.165, 1.54) is 0 Å². The summed E-state index contributed by atoms with van der Waals surface area (Å²) >= 11 is 0. The molecule has 2 nitrogen and oxygen atoms in total. The summed E-state index contributed by atoms with van der Waals surface area (Å²) in [6.07, 6.45) is 1.33. The molecule has 0 saturated carbocycles. The summed E-state index contributed by atoms with van der Waals surface area (Å²) in [5.41, 5.74) is 0. The first kappa shape index (κ1) is 12.9. The molecule has 0 amide bonds. The standard InChI is InChI=1S/C10H22O2S/c1-7-9(3,4)13(11,12)10(5,6)8-2/h7-8H2,1-6H3. The number of sulfone groups is 1. The lowest BCUT2D eigenvalue weighted by Gasteiger charge is -2.33. The van der Waals surface area contributed by atoms with Gasteiger partial charge in [-0.1, -0.05) is 13.8 Å². The first-order valence-corrected chi connectivity index (χ1v) is 6.35. The molecule has 0 aromatic rings. The minimum atomic E-state index is -3.04. The van der Waals surface area contributed by atoms with E-state index in [4.69, 9.17) is 0 Å². The van der Waals surface area contributed by atoms with Gasteiger partial charge >= 0.3 is 0 Å². The van der Waals surface area contributed by atoms with Crippen molar-refractivity contribution < 1.29 is 8.42 Å². The molecule has 0 saturated heterocycles. The van der Waals surface area contributed by atoms with Crippen LogP contribution in [0.3, 0.4) is 0 Å². The third kappa shape index (κ3) is 2.06. The monoisotopic (exact) mass is 206 g/mol. The van der Waals surface area contributed by atoms with E-state index in [1.807, 2.05) is 13.8 Å². The number of hydrogen-bond donors (Lipinski definition) is 0. The van der Waals surface area contributed by atoms with Gasteiger partial charge < -0.3 is 0 Å². The normalized spacial score (nSPS) is 14.6. The highest BCUT2D eigenvalue weighted by Gasteiger charge is 2.43. The molecule has 0 aliphatic rings. The predicted octanol–water partition coefficient (Wildman–Crippen LogP) is 2.78. The van der Waals surface area contributed by atoms with Crippen LogP contribution in [0.1, 0.15) is 54.4 Å². The van der Waals surface area contributed by atoms with E-state index >= 15 is 0 Å². The van der Waals surface area contributed by atoms with Crippen molar-refractivity contribution in [1.29, 1.82) is 0 Å². The smallest absolute Gasteiger partial charge is 0.160 e. The zero-order valence-corrected chi connectivity index (χ0v) is 10.5. The molecule has 0 aliphatic carbocycles. The SMILES string of the molecule is CCC(C)(C)S(=O)(=O)C(C)(C)CC. The van der Waals surface area contributed by atoms with E-state index in [2.05, 4.69) is 0 Å². The van der Waals surface area contributed by atoms with E-state index in [1.54, 1.807) is 27.7 Å². The van der Waals surface area contributed by atoms with Crippen molar-refractivity contribution in [1.82, 2.24) is 0 Å². The Hall–Kier alpha value is -0.0500. The van der Waals surface area contributed by atoms with Gasteiger partial charge in [-0.3, -0.25) is 0 Å². The fraction of sp³-hybridized carbons (Fsp3) is 1.00. The second kappa shape index (κ2) is 3.60. The van der Waals surface area contributed by atoms with Gasteiger partial charge in [0.25, 0.3) is 0 Å². The minimum Gasteiger partial charge on any atom is -0.228 e. The molecule has 0 atom stereocenters. The van der Waals surface area contributed by atoms with E-state index < -0.39 is 19.3 Å². The van der Waals surface area contributed by atoms with Crippen molar-refractivity contribution in [2.75, 3.05) is 0 Å². The van der Waals surface area contributed by atoms with E-state index in [-0.39, 0.29) is 0 Å². The molecule has 0 rings (SSSR count). The molecule has 0 fully saturated rings. The quantitative estimate of drug-likeness (QED) is 0.709. The third-order valence-electron chi connectivity index (χ3n) is 3.16. The Morgan fingerprint density at radius 1 is 0.846 bits per heavy atom. The largest absolute Gasteiger partial charge is 0.228 e. The van der Waals surface area contributed by atoms with Crippen molar-refractivity contribution >= 4 is 9.84 Å². The second-order valence-corrected chi connectivity index (χ2v) is 7.95. The molecule has 0 aliphatic heterocycles. The van der Waals surface area contributed by atoms with Crippen molar-refractivity contribution in [2.45, 2.75) is 63.9 Å². The van der Waals surface area contributed by atoms with Gasteiger partial charge in [-0.05, 0) is 40.5 Å². The summed E-state index contributed by atoms with van der Waals surface area (Å²) in [4.78, 5) is 0. The molecule has 80 valence electrons. The summed E-state index contributed by atoms with van der Waals surface area (Å²) in [5.74, 6) is 0. The van der Waals surface area contributed by atoms with Crippen LogP contribution < -0.4 is 0 Å². The Bertz CT molecular complexity index is 239. The van der Waals surface area contributed by atoms with Crippen LogP contribution in [0.5, 0.6) is 0 Å². The highest BCUT2D eigenvalue weighted by atomic mass is 32.2. The van der Waals surface area contributed by atoms with Gasteiger partial charge in [0, 0.05) is 0 Å². The Kier molecular flexibility index (Phi) is 3.59. The molecule has 0 bridgehead atoms. The van der Waals surface area contributed by atoms with Crippen LogP contribution in [-0.2, 0) is 9.84 Å².